The number of carbonyl (C=O) groups is 2. The molecule has 0 spiro atoms. The van der Waals surface area contributed by atoms with Gasteiger partial charge in [0.15, 0.2) is 0 Å². The lowest BCUT2D eigenvalue weighted by Crippen LogP contribution is -2.37. The maximum absolute atomic E-state index is 12.2. The molecule has 1 heterocycles. The Kier molecular flexibility index (Phi) is 7.99. The topological polar surface area (TPSA) is 152 Å². The van der Waals surface area contributed by atoms with Gasteiger partial charge in [0.2, 0.25) is 16.9 Å². The maximum Gasteiger partial charge on any atom is 0.270 e. The number of thiazole rings is 1. The molecule has 10 nitrogen and oxygen atoms in total. The van der Waals surface area contributed by atoms with Crippen LogP contribution in [0, 0.1) is 10.1 Å². The fourth-order valence-electron chi connectivity index (χ4n) is 2.48. The summed E-state index contributed by atoms with van der Waals surface area (Å²) in [4.78, 5) is 37.8. The average Bonchev–Trinajstić information content (AvgIpc) is 3.19. The SMILES string of the molecule is NN(C(=O)CCCCCCC(=O)NO)c1nc(-c2cccc([N+](=O)[O-])c2)cs1. The number of nitrogens with zero attached hydrogens (tertiary/aromatic N) is 3. The molecule has 0 aliphatic heterocycles. The summed E-state index contributed by atoms with van der Waals surface area (Å²) in [6.07, 6.45) is 3.26. The number of nitrogens with two attached hydrogens (primary N) is 1. The van der Waals surface area contributed by atoms with E-state index in [0.29, 0.717) is 29.2 Å². The predicted octanol–water partition coefficient (Wildman–Crippen LogP) is 2.77. The van der Waals surface area contributed by atoms with Gasteiger partial charge in [0.05, 0.1) is 10.6 Å². The Morgan fingerprint density at radius 3 is 2.64 bits per heavy atom. The molecular formula is C17H21N5O5S. The summed E-state index contributed by atoms with van der Waals surface area (Å²) >= 11 is 1.18. The van der Waals surface area contributed by atoms with E-state index in [9.17, 15) is 19.7 Å². The van der Waals surface area contributed by atoms with Crippen LogP contribution in [-0.2, 0) is 9.59 Å². The summed E-state index contributed by atoms with van der Waals surface area (Å²) in [5.41, 5.74) is 2.62. The number of non-ortho nitro benzene ring substituents is 1. The van der Waals surface area contributed by atoms with Crippen LogP contribution in [-0.4, -0.2) is 26.9 Å². The van der Waals surface area contributed by atoms with Gasteiger partial charge in [0.25, 0.3) is 5.69 Å². The van der Waals surface area contributed by atoms with Crippen molar-refractivity contribution in [2.24, 2.45) is 5.84 Å². The van der Waals surface area contributed by atoms with Crippen LogP contribution in [0.15, 0.2) is 29.6 Å². The van der Waals surface area contributed by atoms with Gasteiger partial charge in [-0.2, -0.15) is 0 Å². The van der Waals surface area contributed by atoms with E-state index in [1.165, 1.54) is 23.5 Å². The lowest BCUT2D eigenvalue weighted by atomic mass is 10.1. The molecule has 0 atom stereocenters. The third kappa shape index (κ3) is 6.08. The van der Waals surface area contributed by atoms with Crippen molar-refractivity contribution in [1.82, 2.24) is 10.5 Å². The van der Waals surface area contributed by atoms with Crippen LogP contribution >= 0.6 is 11.3 Å². The first-order chi connectivity index (χ1) is 13.4. The Morgan fingerprint density at radius 2 is 1.96 bits per heavy atom. The van der Waals surface area contributed by atoms with Gasteiger partial charge < -0.3 is 0 Å². The van der Waals surface area contributed by atoms with E-state index in [0.717, 1.165) is 17.9 Å². The molecule has 0 aliphatic carbocycles. The number of nitro benzene ring substituents is 1. The van der Waals surface area contributed by atoms with Gasteiger partial charge in [-0.05, 0) is 12.8 Å². The van der Waals surface area contributed by atoms with Crippen LogP contribution in [0.4, 0.5) is 10.8 Å². The third-order valence-electron chi connectivity index (χ3n) is 3.99. The first-order valence-electron chi connectivity index (χ1n) is 8.63. The van der Waals surface area contributed by atoms with E-state index in [4.69, 9.17) is 11.0 Å². The number of nitro groups is 1. The lowest BCUT2D eigenvalue weighted by molar-refractivity contribution is -0.384. The van der Waals surface area contributed by atoms with E-state index in [2.05, 4.69) is 4.98 Å². The van der Waals surface area contributed by atoms with Gasteiger partial charge in [-0.3, -0.25) is 24.9 Å². The average molecular weight is 407 g/mol. The zero-order valence-corrected chi connectivity index (χ0v) is 15.9. The molecule has 2 aromatic rings. The van der Waals surface area contributed by atoms with Crippen LogP contribution in [0.25, 0.3) is 11.3 Å². The fraction of sp³-hybridized carbons (Fsp3) is 0.353. The zero-order valence-electron chi connectivity index (χ0n) is 15.0. The van der Waals surface area contributed by atoms with Gasteiger partial charge >= 0.3 is 0 Å². The predicted molar refractivity (Wildman–Crippen MR) is 104 cm³/mol. The smallest absolute Gasteiger partial charge is 0.270 e. The minimum absolute atomic E-state index is 0.0378. The molecule has 0 radical (unpaired) electrons. The lowest BCUT2D eigenvalue weighted by Gasteiger charge is -2.12. The van der Waals surface area contributed by atoms with Crippen molar-refractivity contribution in [2.75, 3.05) is 5.01 Å². The highest BCUT2D eigenvalue weighted by molar-refractivity contribution is 7.14. The first kappa shape index (κ1) is 21.4. The molecule has 0 aliphatic rings. The number of unbranched alkanes of at least 4 members (excludes halogenated alkanes) is 3. The Labute approximate surface area is 165 Å². The largest absolute Gasteiger partial charge is 0.289 e. The number of carbonyl (C=O) groups excluding carboxylic acids is 2. The van der Waals surface area contributed by atoms with Crippen molar-refractivity contribution in [1.29, 1.82) is 0 Å². The second kappa shape index (κ2) is 10.4. The molecule has 1 aromatic carbocycles. The summed E-state index contributed by atoms with van der Waals surface area (Å²) in [5.74, 6) is 5.14. The highest BCUT2D eigenvalue weighted by atomic mass is 32.1. The molecule has 0 saturated heterocycles. The summed E-state index contributed by atoms with van der Waals surface area (Å²) in [5, 5.41) is 22.3. The number of rotatable bonds is 10. The standard InChI is InChI=1S/C17H21N5O5S/c18-21(16(24)9-4-2-1-3-8-15(23)20-25)17-19-14(11-28-17)12-6-5-7-13(10-12)22(26)27/h5-7,10-11,25H,1-4,8-9,18H2,(H,20,23). The molecule has 0 fully saturated rings. The van der Waals surface area contributed by atoms with Crippen LogP contribution in [0.2, 0.25) is 0 Å². The van der Waals surface area contributed by atoms with Crippen LogP contribution in [0.3, 0.4) is 0 Å². The van der Waals surface area contributed by atoms with Crippen molar-refractivity contribution >= 4 is 34.0 Å². The minimum atomic E-state index is -0.480. The molecule has 4 N–H and O–H groups in total. The summed E-state index contributed by atoms with van der Waals surface area (Å²) in [7, 11) is 0. The molecule has 150 valence electrons. The zero-order chi connectivity index (χ0) is 20.5. The summed E-state index contributed by atoms with van der Waals surface area (Å²) in [6.45, 7) is 0. The van der Waals surface area contributed by atoms with Gasteiger partial charge in [0.1, 0.15) is 0 Å². The van der Waals surface area contributed by atoms with Crippen molar-refractivity contribution < 1.29 is 19.7 Å². The number of aromatic nitrogens is 1. The van der Waals surface area contributed by atoms with Gasteiger partial charge in [-0.1, -0.05) is 25.0 Å². The quantitative estimate of drug-likeness (QED) is 0.137. The monoisotopic (exact) mass is 407 g/mol. The van der Waals surface area contributed by atoms with Gasteiger partial charge in [0, 0.05) is 35.9 Å². The molecule has 0 unspecified atom stereocenters. The Hall–Kier alpha value is -2.89. The summed E-state index contributed by atoms with van der Waals surface area (Å²) < 4.78 is 0. The normalized spacial score (nSPS) is 10.5. The van der Waals surface area contributed by atoms with E-state index >= 15 is 0 Å². The molecular weight excluding hydrogens is 386 g/mol. The summed E-state index contributed by atoms with van der Waals surface area (Å²) in [6, 6.07) is 6.08. The molecule has 0 saturated carbocycles. The van der Waals surface area contributed by atoms with Gasteiger partial charge in [-0.25, -0.2) is 21.3 Å². The van der Waals surface area contributed by atoms with Crippen molar-refractivity contribution in [3.8, 4) is 11.3 Å². The number of nitrogens with one attached hydrogen (secondary N) is 1. The number of hydroxylamine groups is 1. The van der Waals surface area contributed by atoms with Crippen molar-refractivity contribution in [3.05, 3.63) is 39.8 Å². The third-order valence-corrected chi connectivity index (χ3v) is 4.83. The number of benzene rings is 1. The second-order valence-electron chi connectivity index (χ2n) is 6.04. The minimum Gasteiger partial charge on any atom is -0.289 e. The van der Waals surface area contributed by atoms with E-state index in [1.807, 2.05) is 0 Å². The van der Waals surface area contributed by atoms with Crippen molar-refractivity contribution in [3.63, 3.8) is 0 Å². The highest BCUT2D eigenvalue weighted by Gasteiger charge is 2.17. The maximum atomic E-state index is 12.2. The number of amides is 2. The molecule has 28 heavy (non-hydrogen) atoms. The van der Waals surface area contributed by atoms with Crippen LogP contribution in [0.5, 0.6) is 0 Å². The molecule has 0 bridgehead atoms. The van der Waals surface area contributed by atoms with Crippen molar-refractivity contribution in [2.45, 2.75) is 38.5 Å². The number of hydrogen-bond donors (Lipinski definition) is 3. The highest BCUT2D eigenvalue weighted by Crippen LogP contribution is 2.28. The molecule has 2 amide bonds. The Morgan fingerprint density at radius 1 is 1.25 bits per heavy atom. The number of hydrogen-bond acceptors (Lipinski definition) is 8. The van der Waals surface area contributed by atoms with E-state index in [1.54, 1.807) is 23.0 Å². The molecule has 1 aromatic heterocycles. The number of hydrazine groups is 1. The van der Waals surface area contributed by atoms with Crippen LogP contribution in [0.1, 0.15) is 38.5 Å². The van der Waals surface area contributed by atoms with E-state index < -0.39 is 10.8 Å². The van der Waals surface area contributed by atoms with Gasteiger partial charge in [-0.15, -0.1) is 11.3 Å². The fourth-order valence-corrected chi connectivity index (χ4v) is 3.26. The van der Waals surface area contributed by atoms with Crippen LogP contribution < -0.4 is 16.3 Å². The Balaban J connectivity index is 1.85. The molecule has 2 rings (SSSR count). The Bertz CT molecular complexity index is 841. The van der Waals surface area contributed by atoms with E-state index in [-0.39, 0.29) is 24.4 Å². The second-order valence-corrected chi connectivity index (χ2v) is 6.87. The molecule has 11 heteroatoms. The first-order valence-corrected chi connectivity index (χ1v) is 9.51. The number of anilines is 1.